The van der Waals surface area contributed by atoms with E-state index in [1.807, 2.05) is 6.92 Å². The van der Waals surface area contributed by atoms with Gasteiger partial charge in [-0.25, -0.2) is 13.2 Å². The molecule has 1 atom stereocenters. The Bertz CT molecular complexity index is 600. The molecule has 0 aliphatic rings. The molecule has 1 unspecified atom stereocenters. The second-order valence-electron chi connectivity index (χ2n) is 4.57. The third kappa shape index (κ3) is 2.97. The fraction of sp³-hybridized carbons (Fsp3) is 0.200. The zero-order valence-electron chi connectivity index (χ0n) is 11.0. The van der Waals surface area contributed by atoms with E-state index in [9.17, 15) is 13.2 Å². The van der Waals surface area contributed by atoms with Crippen molar-refractivity contribution in [1.82, 2.24) is 5.32 Å². The third-order valence-corrected chi connectivity index (χ3v) is 3.24. The van der Waals surface area contributed by atoms with Gasteiger partial charge >= 0.3 is 0 Å². The van der Waals surface area contributed by atoms with Crippen molar-refractivity contribution in [2.24, 2.45) is 0 Å². The summed E-state index contributed by atoms with van der Waals surface area (Å²) in [5.74, 6) is -2.81. The highest BCUT2D eigenvalue weighted by atomic mass is 35.5. The number of aryl methyl sites for hydroxylation is 1. The molecule has 0 bridgehead atoms. The molecule has 2 aromatic carbocycles. The zero-order valence-corrected chi connectivity index (χ0v) is 11.7. The Morgan fingerprint density at radius 1 is 1.00 bits per heavy atom. The lowest BCUT2D eigenvalue weighted by Gasteiger charge is -2.19. The van der Waals surface area contributed by atoms with Crippen molar-refractivity contribution in [1.29, 1.82) is 0 Å². The number of nitrogens with one attached hydrogen (secondary N) is 1. The topological polar surface area (TPSA) is 12.0 Å². The maximum atomic E-state index is 13.9. The van der Waals surface area contributed by atoms with E-state index in [1.165, 1.54) is 0 Å². The van der Waals surface area contributed by atoms with Gasteiger partial charge in [-0.15, -0.1) is 0 Å². The first-order chi connectivity index (χ1) is 9.42. The maximum Gasteiger partial charge on any atom is 0.134 e. The number of hydrogen-bond donors (Lipinski definition) is 1. The predicted octanol–water partition coefficient (Wildman–Crippen LogP) is 4.37. The summed E-state index contributed by atoms with van der Waals surface area (Å²) in [6, 6.07) is 5.73. The van der Waals surface area contributed by atoms with Crippen LogP contribution in [-0.2, 0) is 0 Å². The van der Waals surface area contributed by atoms with Crippen LogP contribution in [0.5, 0.6) is 0 Å². The SMILES string of the molecule is CNC(c1cc(C)cc(Cl)c1)c1c(F)cc(F)cc1F. The molecule has 0 saturated carbocycles. The molecule has 106 valence electrons. The van der Waals surface area contributed by atoms with Crippen LogP contribution in [0.25, 0.3) is 0 Å². The van der Waals surface area contributed by atoms with Gasteiger partial charge in [-0.3, -0.25) is 0 Å². The van der Waals surface area contributed by atoms with Gasteiger partial charge in [0, 0.05) is 22.7 Å². The van der Waals surface area contributed by atoms with Crippen LogP contribution in [0.1, 0.15) is 22.7 Å². The molecule has 0 aliphatic carbocycles. The Balaban J connectivity index is 2.58. The molecule has 0 fully saturated rings. The van der Waals surface area contributed by atoms with Crippen molar-refractivity contribution in [3.05, 3.63) is 69.5 Å². The van der Waals surface area contributed by atoms with Gasteiger partial charge in [0.1, 0.15) is 17.5 Å². The van der Waals surface area contributed by atoms with Crippen LogP contribution >= 0.6 is 11.6 Å². The Labute approximate surface area is 120 Å². The summed E-state index contributed by atoms with van der Waals surface area (Å²) in [5, 5.41) is 3.30. The molecular weight excluding hydrogens is 287 g/mol. The van der Waals surface area contributed by atoms with Gasteiger partial charge in [-0.2, -0.15) is 0 Å². The van der Waals surface area contributed by atoms with E-state index in [0.717, 1.165) is 5.56 Å². The van der Waals surface area contributed by atoms with Gasteiger partial charge < -0.3 is 5.32 Å². The predicted molar refractivity (Wildman–Crippen MR) is 73.4 cm³/mol. The van der Waals surface area contributed by atoms with E-state index in [2.05, 4.69) is 5.32 Å². The lowest BCUT2D eigenvalue weighted by atomic mass is 9.96. The molecule has 2 rings (SSSR count). The molecule has 1 N–H and O–H groups in total. The van der Waals surface area contributed by atoms with Crippen molar-refractivity contribution in [2.75, 3.05) is 7.05 Å². The van der Waals surface area contributed by atoms with Gasteiger partial charge in [-0.1, -0.05) is 17.7 Å². The Morgan fingerprint density at radius 3 is 2.10 bits per heavy atom. The summed E-state index contributed by atoms with van der Waals surface area (Å²) in [4.78, 5) is 0. The summed E-state index contributed by atoms with van der Waals surface area (Å²) in [6.45, 7) is 1.83. The molecule has 0 heterocycles. The largest absolute Gasteiger partial charge is 0.309 e. The van der Waals surface area contributed by atoms with Crippen LogP contribution in [0.15, 0.2) is 30.3 Å². The molecule has 1 nitrogen and oxygen atoms in total. The van der Waals surface area contributed by atoms with Crippen LogP contribution in [-0.4, -0.2) is 7.05 Å². The Morgan fingerprint density at radius 2 is 1.60 bits per heavy atom. The van der Waals surface area contributed by atoms with E-state index >= 15 is 0 Å². The summed E-state index contributed by atoms with van der Waals surface area (Å²) >= 11 is 5.97. The van der Waals surface area contributed by atoms with Crippen molar-refractivity contribution in [3.8, 4) is 0 Å². The fourth-order valence-corrected chi connectivity index (χ4v) is 2.54. The van der Waals surface area contributed by atoms with E-state index in [-0.39, 0.29) is 5.56 Å². The second kappa shape index (κ2) is 5.85. The van der Waals surface area contributed by atoms with Crippen LogP contribution in [0, 0.1) is 24.4 Å². The summed E-state index contributed by atoms with van der Waals surface area (Å²) < 4.78 is 40.7. The smallest absolute Gasteiger partial charge is 0.134 e. The van der Waals surface area contributed by atoms with Crippen molar-refractivity contribution >= 4 is 11.6 Å². The van der Waals surface area contributed by atoms with E-state index in [4.69, 9.17) is 11.6 Å². The van der Waals surface area contributed by atoms with Gasteiger partial charge in [0.25, 0.3) is 0 Å². The lowest BCUT2D eigenvalue weighted by molar-refractivity contribution is 0.500. The second-order valence-corrected chi connectivity index (χ2v) is 5.00. The molecule has 0 spiro atoms. The molecule has 0 radical (unpaired) electrons. The van der Waals surface area contributed by atoms with Crippen LogP contribution in [0.2, 0.25) is 5.02 Å². The third-order valence-electron chi connectivity index (χ3n) is 3.02. The van der Waals surface area contributed by atoms with Crippen LogP contribution < -0.4 is 5.32 Å². The van der Waals surface area contributed by atoms with Crippen molar-refractivity contribution in [2.45, 2.75) is 13.0 Å². The quantitative estimate of drug-likeness (QED) is 0.887. The molecule has 2 aromatic rings. The maximum absolute atomic E-state index is 13.9. The minimum atomic E-state index is -0.944. The number of halogens is 4. The van der Waals surface area contributed by atoms with Crippen LogP contribution in [0.4, 0.5) is 13.2 Å². The highest BCUT2D eigenvalue weighted by Crippen LogP contribution is 2.29. The Hall–Kier alpha value is -1.52. The normalized spacial score (nSPS) is 12.5. The first-order valence-electron chi connectivity index (χ1n) is 6.01. The van der Waals surface area contributed by atoms with Crippen molar-refractivity contribution in [3.63, 3.8) is 0 Å². The average Bonchev–Trinajstić information content (AvgIpc) is 2.32. The standard InChI is InChI=1S/C15H13ClF3N/c1-8-3-9(5-10(16)4-8)15(20-2)14-12(18)6-11(17)7-13(14)19/h3-7,15,20H,1-2H3. The molecular formula is C15H13ClF3N. The number of hydrogen-bond acceptors (Lipinski definition) is 1. The van der Waals surface area contributed by atoms with Gasteiger partial charge in [-0.05, 0) is 37.2 Å². The summed E-state index contributed by atoms with van der Waals surface area (Å²) in [6.07, 6.45) is 0. The molecule has 0 aliphatic heterocycles. The number of benzene rings is 2. The highest BCUT2D eigenvalue weighted by Gasteiger charge is 2.22. The zero-order chi connectivity index (χ0) is 14.9. The molecule has 0 aromatic heterocycles. The van der Waals surface area contributed by atoms with E-state index < -0.39 is 23.5 Å². The minimum Gasteiger partial charge on any atom is -0.309 e. The average molecular weight is 300 g/mol. The first-order valence-corrected chi connectivity index (χ1v) is 6.39. The Kier molecular flexibility index (Phi) is 4.35. The summed E-state index contributed by atoms with van der Waals surface area (Å²) in [5.41, 5.74) is 1.26. The van der Waals surface area contributed by atoms with Gasteiger partial charge in [0.05, 0.1) is 6.04 Å². The van der Waals surface area contributed by atoms with E-state index in [0.29, 0.717) is 22.7 Å². The molecule has 20 heavy (non-hydrogen) atoms. The number of rotatable bonds is 3. The van der Waals surface area contributed by atoms with Crippen molar-refractivity contribution < 1.29 is 13.2 Å². The minimum absolute atomic E-state index is 0.226. The fourth-order valence-electron chi connectivity index (χ4n) is 2.24. The monoisotopic (exact) mass is 299 g/mol. The van der Waals surface area contributed by atoms with Gasteiger partial charge in [0.15, 0.2) is 0 Å². The van der Waals surface area contributed by atoms with Gasteiger partial charge in [0.2, 0.25) is 0 Å². The van der Waals surface area contributed by atoms with E-state index in [1.54, 1.807) is 25.2 Å². The summed E-state index contributed by atoms with van der Waals surface area (Å²) in [7, 11) is 1.57. The first kappa shape index (κ1) is 14.9. The van der Waals surface area contributed by atoms with Crippen LogP contribution in [0.3, 0.4) is 0 Å². The molecule has 0 amide bonds. The highest BCUT2D eigenvalue weighted by molar-refractivity contribution is 6.30. The lowest BCUT2D eigenvalue weighted by Crippen LogP contribution is -2.21. The molecule has 0 saturated heterocycles. The molecule has 5 heteroatoms.